The van der Waals surface area contributed by atoms with Gasteiger partial charge in [-0.2, -0.15) is 0 Å². The Hall–Kier alpha value is -0.720. The van der Waals surface area contributed by atoms with Crippen molar-refractivity contribution in [2.45, 2.75) is 104 Å². The summed E-state index contributed by atoms with van der Waals surface area (Å²) in [5, 5.41) is 3.29. The van der Waals surface area contributed by atoms with Crippen LogP contribution >= 0.6 is 0 Å². The van der Waals surface area contributed by atoms with E-state index < -0.39 is 0 Å². The largest absolute Gasteiger partial charge is 0.389 e. The molecule has 22 heavy (non-hydrogen) atoms. The summed E-state index contributed by atoms with van der Waals surface area (Å²) in [5.41, 5.74) is 1.09. The van der Waals surface area contributed by atoms with E-state index in [1.165, 1.54) is 89.9 Å². The summed E-state index contributed by atoms with van der Waals surface area (Å²) in [5.74, 6) is 0. The molecule has 0 heterocycles. The van der Waals surface area contributed by atoms with Crippen molar-refractivity contribution >= 4 is 0 Å². The second kappa shape index (κ2) is 18.3. The van der Waals surface area contributed by atoms with Gasteiger partial charge in [-0.3, -0.25) is 0 Å². The Balaban J connectivity index is 3.06. The lowest BCUT2D eigenvalue weighted by Crippen LogP contribution is -2.11. The zero-order chi connectivity index (χ0) is 16.3. The van der Waals surface area contributed by atoms with Gasteiger partial charge in [0.1, 0.15) is 0 Å². The number of unbranched alkanes of at least 4 members (excludes halogenated alkanes) is 12. The minimum Gasteiger partial charge on any atom is -0.389 e. The monoisotopic (exact) mass is 307 g/mol. The smallest absolute Gasteiger partial charge is 0.0143 e. The molecule has 0 amide bonds. The van der Waals surface area contributed by atoms with Crippen molar-refractivity contribution in [3.05, 3.63) is 24.4 Å². The Labute approximate surface area is 140 Å². The molecule has 1 N–H and O–H groups in total. The molecule has 0 aliphatic carbocycles. The SMILES string of the molecule is C=C(C)NCCCCCCCC/C=C\CCCCCCCC. The van der Waals surface area contributed by atoms with Gasteiger partial charge in [0.25, 0.3) is 0 Å². The highest BCUT2D eigenvalue weighted by atomic mass is 14.9. The van der Waals surface area contributed by atoms with Crippen LogP contribution in [0.4, 0.5) is 0 Å². The average molecular weight is 308 g/mol. The maximum absolute atomic E-state index is 3.85. The van der Waals surface area contributed by atoms with Crippen molar-refractivity contribution in [3.8, 4) is 0 Å². The topological polar surface area (TPSA) is 12.0 Å². The quantitative estimate of drug-likeness (QED) is 0.222. The van der Waals surface area contributed by atoms with Gasteiger partial charge in [-0.25, -0.2) is 0 Å². The summed E-state index contributed by atoms with van der Waals surface area (Å²) in [4.78, 5) is 0. The van der Waals surface area contributed by atoms with Crippen molar-refractivity contribution in [2.75, 3.05) is 6.54 Å². The molecule has 0 saturated carbocycles. The van der Waals surface area contributed by atoms with Crippen molar-refractivity contribution in [1.29, 1.82) is 0 Å². The van der Waals surface area contributed by atoms with E-state index in [1.807, 2.05) is 6.92 Å². The molecule has 130 valence electrons. The molecule has 0 bridgehead atoms. The van der Waals surface area contributed by atoms with Crippen LogP contribution in [0.3, 0.4) is 0 Å². The lowest BCUT2D eigenvalue weighted by atomic mass is 10.1. The van der Waals surface area contributed by atoms with E-state index in [4.69, 9.17) is 0 Å². The van der Waals surface area contributed by atoms with Gasteiger partial charge in [0, 0.05) is 12.2 Å². The fourth-order valence-electron chi connectivity index (χ4n) is 2.67. The summed E-state index contributed by atoms with van der Waals surface area (Å²) >= 11 is 0. The van der Waals surface area contributed by atoms with Crippen LogP contribution in [0, 0.1) is 0 Å². The van der Waals surface area contributed by atoms with E-state index in [-0.39, 0.29) is 0 Å². The molecule has 0 aliphatic rings. The summed E-state index contributed by atoms with van der Waals surface area (Å²) in [6, 6.07) is 0. The Bertz CT molecular complexity index is 255. The van der Waals surface area contributed by atoms with Gasteiger partial charge < -0.3 is 5.32 Å². The second-order valence-electron chi connectivity index (χ2n) is 6.64. The van der Waals surface area contributed by atoms with Crippen LogP contribution in [-0.4, -0.2) is 6.54 Å². The summed E-state index contributed by atoms with van der Waals surface area (Å²) in [6.07, 6.45) is 24.0. The van der Waals surface area contributed by atoms with Crippen LogP contribution < -0.4 is 5.32 Å². The average Bonchev–Trinajstić information content (AvgIpc) is 2.50. The highest BCUT2D eigenvalue weighted by Crippen LogP contribution is 2.09. The van der Waals surface area contributed by atoms with Crippen LogP contribution in [0.2, 0.25) is 0 Å². The minimum absolute atomic E-state index is 1.09. The zero-order valence-corrected chi connectivity index (χ0v) is 15.5. The van der Waals surface area contributed by atoms with Gasteiger partial charge >= 0.3 is 0 Å². The minimum atomic E-state index is 1.09. The van der Waals surface area contributed by atoms with Crippen molar-refractivity contribution in [3.63, 3.8) is 0 Å². The van der Waals surface area contributed by atoms with Gasteiger partial charge in [-0.1, -0.05) is 83.4 Å². The van der Waals surface area contributed by atoms with Crippen molar-refractivity contribution in [2.24, 2.45) is 0 Å². The van der Waals surface area contributed by atoms with Gasteiger partial charge in [-0.05, 0) is 39.0 Å². The first-order valence-electron chi connectivity index (χ1n) is 9.81. The number of allylic oxidation sites excluding steroid dienone is 3. The highest BCUT2D eigenvalue weighted by molar-refractivity contribution is 4.83. The maximum Gasteiger partial charge on any atom is 0.0143 e. The Morgan fingerprint density at radius 2 is 1.18 bits per heavy atom. The third-order valence-corrected chi connectivity index (χ3v) is 4.12. The molecule has 0 aromatic heterocycles. The number of rotatable bonds is 17. The Kier molecular flexibility index (Phi) is 17.7. The molecule has 0 atom stereocenters. The number of hydrogen-bond acceptors (Lipinski definition) is 1. The lowest BCUT2D eigenvalue weighted by molar-refractivity contribution is 0.584. The molecule has 0 radical (unpaired) electrons. The molecule has 0 aliphatic heterocycles. The van der Waals surface area contributed by atoms with E-state index in [1.54, 1.807) is 0 Å². The lowest BCUT2D eigenvalue weighted by Gasteiger charge is -2.04. The summed E-state index contributed by atoms with van der Waals surface area (Å²) < 4.78 is 0. The third kappa shape index (κ3) is 19.3. The number of nitrogens with one attached hydrogen (secondary N) is 1. The van der Waals surface area contributed by atoms with Crippen molar-refractivity contribution in [1.82, 2.24) is 5.32 Å². The summed E-state index contributed by atoms with van der Waals surface area (Å²) in [6.45, 7) is 9.25. The highest BCUT2D eigenvalue weighted by Gasteiger charge is 1.91. The molecule has 0 fully saturated rings. The molecular weight excluding hydrogens is 266 g/mol. The van der Waals surface area contributed by atoms with E-state index in [0.717, 1.165) is 12.2 Å². The van der Waals surface area contributed by atoms with E-state index >= 15 is 0 Å². The molecule has 0 unspecified atom stereocenters. The molecule has 0 rings (SSSR count). The second-order valence-corrected chi connectivity index (χ2v) is 6.64. The Morgan fingerprint density at radius 1 is 0.727 bits per heavy atom. The first-order chi connectivity index (χ1) is 10.8. The van der Waals surface area contributed by atoms with Gasteiger partial charge in [0.2, 0.25) is 0 Å². The molecule has 0 aromatic rings. The molecular formula is C21H41N. The standard InChI is InChI=1S/C21H41N/c1-4-5-6-7-8-9-10-11-12-13-14-15-16-17-18-19-20-22-21(2)3/h11-12,22H,2,4-10,13-20H2,1,3H3/b12-11-. The predicted molar refractivity (Wildman–Crippen MR) is 102 cm³/mol. The molecule has 0 aromatic carbocycles. The molecule has 1 heteroatoms. The van der Waals surface area contributed by atoms with Crippen LogP contribution in [-0.2, 0) is 0 Å². The van der Waals surface area contributed by atoms with Crippen LogP contribution in [0.25, 0.3) is 0 Å². The van der Waals surface area contributed by atoms with Gasteiger partial charge in [0.05, 0.1) is 0 Å². The fraction of sp³-hybridized carbons (Fsp3) is 0.810. The normalized spacial score (nSPS) is 11.2. The van der Waals surface area contributed by atoms with Crippen LogP contribution in [0.5, 0.6) is 0 Å². The van der Waals surface area contributed by atoms with Crippen molar-refractivity contribution < 1.29 is 0 Å². The van der Waals surface area contributed by atoms with E-state index in [0.29, 0.717) is 0 Å². The number of hydrogen-bond donors (Lipinski definition) is 1. The molecule has 1 nitrogen and oxygen atoms in total. The van der Waals surface area contributed by atoms with Gasteiger partial charge in [-0.15, -0.1) is 0 Å². The summed E-state index contributed by atoms with van der Waals surface area (Å²) in [7, 11) is 0. The maximum atomic E-state index is 3.85. The van der Waals surface area contributed by atoms with Crippen LogP contribution in [0.1, 0.15) is 104 Å². The zero-order valence-electron chi connectivity index (χ0n) is 15.5. The first-order valence-corrected chi connectivity index (χ1v) is 9.81. The fourth-order valence-corrected chi connectivity index (χ4v) is 2.67. The van der Waals surface area contributed by atoms with E-state index in [9.17, 15) is 0 Å². The Morgan fingerprint density at radius 3 is 1.68 bits per heavy atom. The molecule has 0 saturated heterocycles. The first kappa shape index (κ1) is 21.3. The van der Waals surface area contributed by atoms with E-state index in [2.05, 4.69) is 31.0 Å². The van der Waals surface area contributed by atoms with Gasteiger partial charge in [0.15, 0.2) is 0 Å². The third-order valence-electron chi connectivity index (χ3n) is 4.12. The van der Waals surface area contributed by atoms with Crippen LogP contribution in [0.15, 0.2) is 24.4 Å². The predicted octanol–water partition coefficient (Wildman–Crippen LogP) is 7.15. The molecule has 0 spiro atoms.